The van der Waals surface area contributed by atoms with Crippen molar-refractivity contribution in [2.45, 2.75) is 93.1 Å². The summed E-state index contributed by atoms with van der Waals surface area (Å²) in [6, 6.07) is 0. The summed E-state index contributed by atoms with van der Waals surface area (Å²) in [6.45, 7) is 3.20. The fourth-order valence-corrected chi connectivity index (χ4v) is 10.4. The van der Waals surface area contributed by atoms with Crippen molar-refractivity contribution in [1.29, 1.82) is 0 Å². The Morgan fingerprint density at radius 3 is 1.43 bits per heavy atom. The third-order valence-electron chi connectivity index (χ3n) is 8.29. The number of aliphatic hydroxyl groups is 4. The number of aliphatic hydroxyl groups excluding tert-OH is 1. The summed E-state index contributed by atoms with van der Waals surface area (Å²) in [5.74, 6) is 6.98. The molecule has 1 rings (SSSR count). The summed E-state index contributed by atoms with van der Waals surface area (Å²) < 4.78 is 12.8. The molecule has 11 nitrogen and oxygen atoms in total. The molecule has 1 aliphatic heterocycles. The van der Waals surface area contributed by atoms with Crippen LogP contribution in [-0.4, -0.2) is 153 Å². The molecule has 0 amide bonds. The van der Waals surface area contributed by atoms with Crippen molar-refractivity contribution in [3.8, 4) is 0 Å². The molecule has 14 N–H and O–H groups in total. The van der Waals surface area contributed by atoms with E-state index in [1.807, 2.05) is 0 Å². The minimum absolute atomic E-state index is 0.0963. The number of hydrogen-bond acceptors (Lipinski definition) is 16. The normalized spacial score (nSPS) is 27.0. The van der Waals surface area contributed by atoms with E-state index >= 15 is 0 Å². The zero-order valence-corrected chi connectivity index (χ0v) is 32.5. The van der Waals surface area contributed by atoms with Gasteiger partial charge in [0.25, 0.3) is 0 Å². The van der Waals surface area contributed by atoms with Crippen molar-refractivity contribution in [2.24, 2.45) is 28.7 Å². The Labute approximate surface area is 305 Å². The zero-order valence-electron chi connectivity index (χ0n) is 28.4. The zero-order chi connectivity index (χ0) is 34.9. The summed E-state index contributed by atoms with van der Waals surface area (Å²) >= 11 is 8.29. The highest BCUT2D eigenvalue weighted by Gasteiger charge is 2.72. The molecule has 0 radical (unpaired) electrons. The van der Waals surface area contributed by atoms with Crippen LogP contribution >= 0.6 is 58.8 Å². The molecule has 282 valence electrons. The van der Waals surface area contributed by atoms with Gasteiger partial charge in [0.05, 0.1) is 12.7 Å². The molecule has 0 aromatic heterocycles. The van der Waals surface area contributed by atoms with Gasteiger partial charge in [-0.05, 0) is 142 Å². The fourth-order valence-electron chi connectivity index (χ4n) is 5.54. The van der Waals surface area contributed by atoms with Crippen molar-refractivity contribution in [2.75, 3.05) is 96.9 Å². The lowest BCUT2D eigenvalue weighted by Gasteiger charge is -2.62. The van der Waals surface area contributed by atoms with Crippen molar-refractivity contribution in [3.05, 3.63) is 0 Å². The van der Waals surface area contributed by atoms with E-state index in [9.17, 15) is 20.4 Å². The SMILES string of the molecule is NCCCSCCO[C@H]1O[C@H](C(O)CCSCCCN)[C@](O)(CCSCCCN)[C@@](O)(CCSCCCN)[C@]1(O)CCSCCCN. The van der Waals surface area contributed by atoms with Gasteiger partial charge < -0.3 is 58.6 Å². The largest absolute Gasteiger partial charge is 0.390 e. The molecule has 1 fully saturated rings. The maximum absolute atomic E-state index is 13.0. The van der Waals surface area contributed by atoms with E-state index in [2.05, 4.69) is 0 Å². The molecule has 1 saturated heterocycles. The average Bonchev–Trinajstić information content (AvgIpc) is 3.06. The molecular weight excluding hydrogens is 699 g/mol. The Morgan fingerprint density at radius 2 is 0.957 bits per heavy atom. The first-order valence-electron chi connectivity index (χ1n) is 17.2. The summed E-state index contributed by atoms with van der Waals surface area (Å²) in [4.78, 5) is 0. The van der Waals surface area contributed by atoms with Crippen LogP contribution in [-0.2, 0) is 9.47 Å². The molecule has 0 aliphatic carbocycles. The Bertz CT molecular complexity index is 763. The van der Waals surface area contributed by atoms with Gasteiger partial charge in [-0.2, -0.15) is 58.8 Å². The molecular formula is C31H67N5O6S5. The van der Waals surface area contributed by atoms with E-state index in [4.69, 9.17) is 38.1 Å². The Balaban J connectivity index is 3.51. The molecule has 0 spiro atoms. The van der Waals surface area contributed by atoms with Gasteiger partial charge in [-0.15, -0.1) is 0 Å². The number of nitrogens with two attached hydrogens (primary N) is 5. The van der Waals surface area contributed by atoms with Gasteiger partial charge in [0.1, 0.15) is 22.9 Å². The van der Waals surface area contributed by atoms with Crippen LogP contribution in [0.3, 0.4) is 0 Å². The first-order valence-corrected chi connectivity index (χ1v) is 23.0. The predicted molar refractivity (Wildman–Crippen MR) is 209 cm³/mol. The van der Waals surface area contributed by atoms with E-state index in [1.54, 1.807) is 58.8 Å². The highest BCUT2D eigenvalue weighted by atomic mass is 32.2. The van der Waals surface area contributed by atoms with Crippen LogP contribution in [0, 0.1) is 0 Å². The molecule has 1 aliphatic rings. The molecule has 6 atom stereocenters. The molecule has 16 heteroatoms. The van der Waals surface area contributed by atoms with E-state index in [1.165, 1.54) is 0 Å². The second-order valence-corrected chi connectivity index (χ2v) is 18.0. The quantitative estimate of drug-likeness (QED) is 0.0439. The third kappa shape index (κ3) is 15.8. The smallest absolute Gasteiger partial charge is 0.189 e. The Morgan fingerprint density at radius 1 is 0.553 bits per heavy atom. The molecule has 1 heterocycles. The van der Waals surface area contributed by atoms with Crippen LogP contribution in [0.15, 0.2) is 0 Å². The van der Waals surface area contributed by atoms with Crippen LogP contribution < -0.4 is 28.7 Å². The maximum Gasteiger partial charge on any atom is 0.189 e. The van der Waals surface area contributed by atoms with Crippen molar-refractivity contribution < 1.29 is 29.9 Å². The topological polar surface area (TPSA) is 229 Å². The number of ether oxygens (including phenoxy) is 2. The first kappa shape index (κ1) is 46.3. The molecule has 0 aromatic rings. The summed E-state index contributed by atoms with van der Waals surface area (Å²) in [6.07, 6.45) is 1.45. The minimum atomic E-state index is -2.04. The number of rotatable bonds is 32. The lowest BCUT2D eigenvalue weighted by molar-refractivity contribution is -0.409. The predicted octanol–water partition coefficient (Wildman–Crippen LogP) is 1.25. The van der Waals surface area contributed by atoms with Gasteiger partial charge in [-0.3, -0.25) is 0 Å². The highest BCUT2D eigenvalue weighted by Crippen LogP contribution is 2.52. The average molecular weight is 766 g/mol. The minimum Gasteiger partial charge on any atom is -0.390 e. The molecule has 47 heavy (non-hydrogen) atoms. The second-order valence-electron chi connectivity index (χ2n) is 11.8. The van der Waals surface area contributed by atoms with Gasteiger partial charge in [-0.1, -0.05) is 0 Å². The van der Waals surface area contributed by atoms with Crippen molar-refractivity contribution >= 4 is 58.8 Å². The molecule has 1 unspecified atom stereocenters. The monoisotopic (exact) mass is 765 g/mol. The van der Waals surface area contributed by atoms with Gasteiger partial charge in [0.2, 0.25) is 0 Å². The number of thioether (sulfide) groups is 5. The molecule has 0 saturated carbocycles. The lowest BCUT2D eigenvalue weighted by atomic mass is 9.61. The highest BCUT2D eigenvalue weighted by molar-refractivity contribution is 8.00. The van der Waals surface area contributed by atoms with Gasteiger partial charge in [0.15, 0.2) is 6.29 Å². The van der Waals surface area contributed by atoms with E-state index in [-0.39, 0.29) is 25.9 Å². The third-order valence-corrected chi connectivity index (χ3v) is 13.6. The van der Waals surface area contributed by atoms with E-state index < -0.39 is 35.3 Å². The van der Waals surface area contributed by atoms with Gasteiger partial charge in [-0.25, -0.2) is 0 Å². The van der Waals surface area contributed by atoms with Crippen LogP contribution in [0.25, 0.3) is 0 Å². The second kappa shape index (κ2) is 27.9. The summed E-state index contributed by atoms with van der Waals surface area (Å²) in [5, 5.41) is 50.2. The van der Waals surface area contributed by atoms with Crippen LogP contribution in [0.4, 0.5) is 0 Å². The Hall–Kier alpha value is 1.31. The maximum atomic E-state index is 13.0. The fraction of sp³-hybridized carbons (Fsp3) is 1.00. The van der Waals surface area contributed by atoms with Crippen molar-refractivity contribution in [3.63, 3.8) is 0 Å². The lowest BCUT2D eigenvalue weighted by Crippen LogP contribution is -2.82. The standard InChI is InChI=1S/C31H67N5O6S5/c32-10-1-16-43-21-6-26(37)27-29(38,7-22-44-17-2-11-33)31(40,9-24-46-19-4-13-35)30(39,8-23-45-18-3-12-34)28(42-27)41-15-25-47-20-5-14-36/h26-28,37-40H,1-25,32-36H2/t26?,27-,28+,29-,30+,31+/m1/s1. The molecule has 0 bridgehead atoms. The van der Waals surface area contributed by atoms with Crippen molar-refractivity contribution in [1.82, 2.24) is 0 Å². The first-order chi connectivity index (χ1) is 22.7. The van der Waals surface area contributed by atoms with E-state index in [0.717, 1.165) is 60.9 Å². The van der Waals surface area contributed by atoms with E-state index in [0.29, 0.717) is 67.9 Å². The van der Waals surface area contributed by atoms with Crippen LogP contribution in [0.1, 0.15) is 57.8 Å². The summed E-state index contributed by atoms with van der Waals surface area (Å²) in [7, 11) is 0. The Kier molecular flexibility index (Phi) is 27.5. The van der Waals surface area contributed by atoms with Crippen LogP contribution in [0.2, 0.25) is 0 Å². The van der Waals surface area contributed by atoms with Gasteiger partial charge >= 0.3 is 0 Å². The number of hydrogen-bond donors (Lipinski definition) is 9. The van der Waals surface area contributed by atoms with Crippen LogP contribution in [0.5, 0.6) is 0 Å². The van der Waals surface area contributed by atoms with Gasteiger partial charge in [0, 0.05) is 5.75 Å². The summed E-state index contributed by atoms with van der Waals surface area (Å²) in [5.41, 5.74) is 22.5. The molecule has 0 aromatic carbocycles.